The van der Waals surface area contributed by atoms with Crippen molar-refractivity contribution in [3.05, 3.63) is 65.0 Å². The second kappa shape index (κ2) is 20.5. The highest BCUT2D eigenvalue weighted by molar-refractivity contribution is 5.97. The number of nitrogens with zero attached hydrogens (tertiary/aromatic N) is 3. The Morgan fingerprint density at radius 3 is 2.30 bits per heavy atom. The number of carbonyl (C=O) groups excluding carboxylic acids is 5. The molecule has 0 spiro atoms. The number of hydrogen-bond acceptors (Lipinski definition) is 10. The fourth-order valence-corrected chi connectivity index (χ4v) is 6.43. The Hall–Kier alpha value is -5.64. The zero-order valence-corrected chi connectivity index (χ0v) is 34.1. The first kappa shape index (κ1) is 44.1. The van der Waals surface area contributed by atoms with Crippen LogP contribution in [0.5, 0.6) is 23.0 Å². The summed E-state index contributed by atoms with van der Waals surface area (Å²) in [5.41, 5.74) is 1.86. The van der Waals surface area contributed by atoms with Gasteiger partial charge in [0.15, 0.2) is 11.5 Å². The predicted octanol–water partition coefficient (Wildman–Crippen LogP) is 3.20. The lowest BCUT2D eigenvalue weighted by Crippen LogP contribution is -2.59. The number of methoxy groups -OCH3 is 2. The number of amides is 5. The maximum absolute atomic E-state index is 14.1. The van der Waals surface area contributed by atoms with E-state index in [1.165, 1.54) is 26.0 Å². The summed E-state index contributed by atoms with van der Waals surface area (Å²) in [5.74, 6) is -1.56. The van der Waals surface area contributed by atoms with Crippen LogP contribution in [0.1, 0.15) is 86.5 Å². The number of ether oxygens (including phenoxy) is 3. The minimum absolute atomic E-state index is 0.0733. The number of aliphatic hydroxyl groups is 1. The van der Waals surface area contributed by atoms with Gasteiger partial charge in [0.25, 0.3) is 11.8 Å². The van der Waals surface area contributed by atoms with Gasteiger partial charge in [-0.25, -0.2) is 0 Å². The Morgan fingerprint density at radius 1 is 0.912 bits per heavy atom. The smallest absolute Gasteiger partial charge is 0.272 e. The Morgan fingerprint density at radius 2 is 1.65 bits per heavy atom. The third kappa shape index (κ3) is 11.7. The van der Waals surface area contributed by atoms with Crippen molar-refractivity contribution < 1.29 is 43.3 Å². The second-order valence-corrected chi connectivity index (χ2v) is 14.8. The number of nitrogens with one attached hydrogen (secondary N) is 4. The van der Waals surface area contributed by atoms with E-state index in [0.717, 1.165) is 5.69 Å². The second-order valence-electron chi connectivity index (χ2n) is 14.8. The Balaban J connectivity index is 1.70. The molecule has 3 aromatic rings. The quantitative estimate of drug-likeness (QED) is 0.226. The molecule has 57 heavy (non-hydrogen) atoms. The van der Waals surface area contributed by atoms with Gasteiger partial charge in [0, 0.05) is 25.2 Å². The minimum Gasteiger partial charge on any atom is -0.496 e. The number of aromatic nitrogens is 2. The van der Waals surface area contributed by atoms with Crippen LogP contribution in [0.25, 0.3) is 0 Å². The van der Waals surface area contributed by atoms with Crippen LogP contribution in [0.4, 0.5) is 0 Å². The first-order valence-electron chi connectivity index (χ1n) is 19.4. The van der Waals surface area contributed by atoms with Crippen LogP contribution in [0.2, 0.25) is 0 Å². The number of hydrogen-bond donors (Lipinski definition) is 5. The normalized spacial score (nSPS) is 18.4. The molecule has 1 aromatic heterocycles. The molecule has 3 atom stereocenters. The van der Waals surface area contributed by atoms with E-state index in [1.54, 1.807) is 61.0 Å². The van der Waals surface area contributed by atoms with Crippen molar-refractivity contribution in [3.63, 3.8) is 0 Å². The van der Waals surface area contributed by atoms with E-state index in [-0.39, 0.29) is 31.3 Å². The summed E-state index contributed by atoms with van der Waals surface area (Å²) in [4.78, 5) is 69.8. The maximum Gasteiger partial charge on any atom is 0.272 e. The molecule has 310 valence electrons. The molecule has 4 rings (SSSR count). The van der Waals surface area contributed by atoms with Crippen LogP contribution in [-0.2, 0) is 33.9 Å². The molecule has 0 saturated heterocycles. The molecule has 0 saturated carbocycles. The van der Waals surface area contributed by atoms with Crippen molar-refractivity contribution in [1.82, 2.24) is 35.9 Å². The topological polar surface area (TPSA) is 202 Å². The summed E-state index contributed by atoms with van der Waals surface area (Å²) in [6, 6.07) is 9.11. The molecule has 2 aromatic carbocycles. The molecule has 5 amide bonds. The highest BCUT2D eigenvalue weighted by Gasteiger charge is 2.33. The van der Waals surface area contributed by atoms with Gasteiger partial charge in [0.1, 0.15) is 29.3 Å². The monoisotopic (exact) mass is 791 g/mol. The summed E-state index contributed by atoms with van der Waals surface area (Å²) in [6.07, 6.45) is 0.192. The van der Waals surface area contributed by atoms with E-state index in [9.17, 15) is 29.1 Å². The van der Waals surface area contributed by atoms with Gasteiger partial charge in [-0.1, -0.05) is 33.8 Å². The first-order valence-corrected chi connectivity index (χ1v) is 19.4. The van der Waals surface area contributed by atoms with Crippen molar-refractivity contribution in [2.45, 2.75) is 92.1 Å². The van der Waals surface area contributed by atoms with Gasteiger partial charge in [0.05, 0.1) is 44.7 Å². The molecular formula is C41H57N7O9. The standard InChI is InChI=1S/C41H57N7O9/c1-9-48-30(21-28(46-48)19-24(2)3)41(54)47-18-11-10-17-42-38(51)27-15-16-33(56-8)34(20-27)57-32-14-12-13-31(55-7)29(32)22-43-39(52)36(25(4)5)45-40(53)37(26(6)49)44-35(50)23-47/h12-16,20-21,24-26,36-37,49H,9-11,17-19,22-23H2,1-8H3,(H,42,51)(H,43,52)(H,44,50)(H,45,53)/t26-,36-,37+/m1/s1. The number of aliphatic hydroxyl groups excluding tert-OH is 1. The summed E-state index contributed by atoms with van der Waals surface area (Å²) in [5, 5.41) is 26.3. The SMILES string of the molecule is CCn1nc(CC(C)C)cc1C(=O)N1CCCCNC(=O)c2ccc(OC)c(c2)Oc2cccc(OC)c2CNC(=O)[C@@H](C(C)C)NC(=O)[C@H]([C@@H](C)O)NC(=O)C1. The minimum atomic E-state index is -1.45. The fraction of sp³-hybridized carbons (Fsp3) is 0.512. The number of fused-ring (bicyclic) bond motifs is 3. The maximum atomic E-state index is 14.1. The van der Waals surface area contributed by atoms with Crippen molar-refractivity contribution in [2.24, 2.45) is 11.8 Å². The molecule has 2 heterocycles. The summed E-state index contributed by atoms with van der Waals surface area (Å²) in [6.45, 7) is 11.2. The van der Waals surface area contributed by atoms with Crippen molar-refractivity contribution in [3.8, 4) is 23.0 Å². The summed E-state index contributed by atoms with van der Waals surface area (Å²) >= 11 is 0. The van der Waals surface area contributed by atoms with E-state index < -0.39 is 54.3 Å². The molecule has 16 nitrogen and oxygen atoms in total. The number of carbonyl (C=O) groups is 5. The predicted molar refractivity (Wildman–Crippen MR) is 212 cm³/mol. The van der Waals surface area contributed by atoms with Crippen LogP contribution in [0, 0.1) is 11.8 Å². The molecule has 1 aliphatic heterocycles. The van der Waals surface area contributed by atoms with Crippen molar-refractivity contribution in [1.29, 1.82) is 0 Å². The van der Waals surface area contributed by atoms with Gasteiger partial charge >= 0.3 is 0 Å². The fourth-order valence-electron chi connectivity index (χ4n) is 6.43. The third-order valence-corrected chi connectivity index (χ3v) is 9.45. The molecule has 16 heteroatoms. The lowest BCUT2D eigenvalue weighted by molar-refractivity contribution is -0.135. The number of aryl methyl sites for hydroxylation is 1. The molecular weight excluding hydrogens is 734 g/mol. The molecule has 0 aliphatic carbocycles. The van der Waals surface area contributed by atoms with Crippen LogP contribution in [-0.4, -0.2) is 101 Å². The van der Waals surface area contributed by atoms with E-state index in [4.69, 9.17) is 14.2 Å². The van der Waals surface area contributed by atoms with Gasteiger partial charge in [-0.3, -0.25) is 28.7 Å². The van der Waals surface area contributed by atoms with Gasteiger partial charge in [-0.05, 0) is 81.3 Å². The Kier molecular flexibility index (Phi) is 15.9. The van der Waals surface area contributed by atoms with Crippen molar-refractivity contribution >= 4 is 29.5 Å². The molecule has 2 bridgehead atoms. The van der Waals surface area contributed by atoms with E-state index >= 15 is 0 Å². The van der Waals surface area contributed by atoms with Crippen LogP contribution >= 0.6 is 0 Å². The zero-order valence-electron chi connectivity index (χ0n) is 34.1. The van der Waals surface area contributed by atoms with E-state index in [2.05, 4.69) is 40.2 Å². The Bertz CT molecular complexity index is 1890. The highest BCUT2D eigenvalue weighted by atomic mass is 16.5. The molecule has 1 aliphatic rings. The van der Waals surface area contributed by atoms with Gasteiger partial charge < -0.3 is 45.5 Å². The molecule has 0 unspecified atom stereocenters. The van der Waals surface area contributed by atoms with E-state index in [0.29, 0.717) is 65.8 Å². The van der Waals surface area contributed by atoms with Gasteiger partial charge in [-0.2, -0.15) is 5.10 Å². The lowest BCUT2D eigenvalue weighted by Gasteiger charge is -2.28. The largest absolute Gasteiger partial charge is 0.496 e. The average molecular weight is 792 g/mol. The average Bonchev–Trinajstić information content (AvgIpc) is 3.58. The summed E-state index contributed by atoms with van der Waals surface area (Å²) < 4.78 is 19.0. The van der Waals surface area contributed by atoms with Crippen LogP contribution in [0.3, 0.4) is 0 Å². The first-order chi connectivity index (χ1) is 27.2. The third-order valence-electron chi connectivity index (χ3n) is 9.45. The lowest BCUT2D eigenvalue weighted by atomic mass is 10.0. The van der Waals surface area contributed by atoms with E-state index in [1.807, 2.05) is 6.92 Å². The van der Waals surface area contributed by atoms with Crippen LogP contribution in [0.15, 0.2) is 42.5 Å². The highest BCUT2D eigenvalue weighted by Crippen LogP contribution is 2.37. The molecule has 0 radical (unpaired) electrons. The van der Waals surface area contributed by atoms with Crippen molar-refractivity contribution in [2.75, 3.05) is 33.9 Å². The zero-order chi connectivity index (χ0) is 41.8. The molecule has 0 fully saturated rings. The summed E-state index contributed by atoms with van der Waals surface area (Å²) in [7, 11) is 2.96. The molecule has 5 N–H and O–H groups in total. The Labute approximate surface area is 334 Å². The number of benzene rings is 2. The number of rotatable bonds is 8. The van der Waals surface area contributed by atoms with Gasteiger partial charge in [-0.15, -0.1) is 0 Å². The van der Waals surface area contributed by atoms with Crippen LogP contribution < -0.4 is 35.5 Å². The van der Waals surface area contributed by atoms with Gasteiger partial charge in [0.2, 0.25) is 17.7 Å².